The van der Waals surface area contributed by atoms with Crippen LogP contribution in [-0.2, 0) is 6.42 Å². The molecule has 0 heterocycles. The van der Waals surface area contributed by atoms with Gasteiger partial charge in [0.15, 0.2) is 5.96 Å². The van der Waals surface area contributed by atoms with Crippen LogP contribution in [0.2, 0.25) is 0 Å². The van der Waals surface area contributed by atoms with Gasteiger partial charge in [-0.15, -0.1) is 0 Å². The fraction of sp³-hybridized carbons (Fsp3) is 0.357. The number of hydrogen-bond donors (Lipinski definition) is 2. The van der Waals surface area contributed by atoms with Crippen LogP contribution in [0.3, 0.4) is 0 Å². The number of nitrogens with two attached hydrogens (primary N) is 1. The lowest BCUT2D eigenvalue weighted by atomic mass is 9.78. The fourth-order valence-corrected chi connectivity index (χ4v) is 2.05. The van der Waals surface area contributed by atoms with E-state index in [2.05, 4.69) is 41.2 Å². The fourth-order valence-electron chi connectivity index (χ4n) is 2.05. The topological polar surface area (TPSA) is 50.4 Å². The number of rotatable bonds is 4. The lowest BCUT2D eigenvalue weighted by molar-refractivity contribution is 0.588. The molecule has 0 bridgehead atoms. The molecule has 0 aromatic heterocycles. The molecular weight excluding hydrogens is 210 g/mol. The number of nitrogens with zero attached hydrogens (tertiary/aromatic N) is 1. The Hall–Kier alpha value is -1.77. The number of nitrogens with one attached hydrogen (secondary N) is 1. The molecule has 90 valence electrons. The first-order chi connectivity index (χ1) is 8.16. The van der Waals surface area contributed by atoms with Crippen LogP contribution in [-0.4, -0.2) is 19.0 Å². The van der Waals surface area contributed by atoms with E-state index in [9.17, 15) is 0 Å². The summed E-state index contributed by atoms with van der Waals surface area (Å²) in [7, 11) is 0. The SMILES string of the molecule is C=C(C)CN=C(N)NCC1Cc2ccccc21. The molecule has 0 spiro atoms. The second-order valence-electron chi connectivity index (χ2n) is 4.64. The molecule has 0 fully saturated rings. The Morgan fingerprint density at radius 2 is 2.29 bits per heavy atom. The van der Waals surface area contributed by atoms with Crippen molar-refractivity contribution >= 4 is 5.96 Å². The zero-order chi connectivity index (χ0) is 12.3. The van der Waals surface area contributed by atoms with Crippen molar-refractivity contribution in [2.75, 3.05) is 13.1 Å². The summed E-state index contributed by atoms with van der Waals surface area (Å²) in [6.45, 7) is 7.19. The first kappa shape index (κ1) is 11.7. The normalized spacial score (nSPS) is 18.2. The molecule has 3 nitrogen and oxygen atoms in total. The van der Waals surface area contributed by atoms with Gasteiger partial charge in [0.1, 0.15) is 0 Å². The number of fused-ring (bicyclic) bond motifs is 1. The van der Waals surface area contributed by atoms with E-state index in [-0.39, 0.29) is 0 Å². The van der Waals surface area contributed by atoms with E-state index in [0.29, 0.717) is 18.4 Å². The maximum absolute atomic E-state index is 5.77. The highest BCUT2D eigenvalue weighted by atomic mass is 15.1. The Morgan fingerprint density at radius 3 is 3.00 bits per heavy atom. The van der Waals surface area contributed by atoms with E-state index in [1.54, 1.807) is 0 Å². The number of hydrogen-bond acceptors (Lipinski definition) is 1. The van der Waals surface area contributed by atoms with Crippen molar-refractivity contribution in [3.05, 3.63) is 47.5 Å². The third-order valence-corrected chi connectivity index (χ3v) is 3.01. The molecule has 2 rings (SSSR count). The molecule has 0 saturated heterocycles. The average Bonchev–Trinajstić information content (AvgIpc) is 2.27. The quantitative estimate of drug-likeness (QED) is 0.470. The van der Waals surface area contributed by atoms with Crippen molar-refractivity contribution in [3.63, 3.8) is 0 Å². The Balaban J connectivity index is 1.81. The summed E-state index contributed by atoms with van der Waals surface area (Å²) < 4.78 is 0. The van der Waals surface area contributed by atoms with Gasteiger partial charge >= 0.3 is 0 Å². The van der Waals surface area contributed by atoms with Crippen molar-refractivity contribution in [2.24, 2.45) is 10.7 Å². The zero-order valence-corrected chi connectivity index (χ0v) is 10.2. The van der Waals surface area contributed by atoms with Crippen LogP contribution < -0.4 is 11.1 Å². The summed E-state index contributed by atoms with van der Waals surface area (Å²) in [5.41, 5.74) is 9.68. The van der Waals surface area contributed by atoms with Crippen LogP contribution in [0.4, 0.5) is 0 Å². The minimum atomic E-state index is 0.511. The smallest absolute Gasteiger partial charge is 0.188 e. The van der Waals surface area contributed by atoms with Crippen molar-refractivity contribution in [3.8, 4) is 0 Å². The van der Waals surface area contributed by atoms with Crippen LogP contribution in [0.1, 0.15) is 24.0 Å². The standard InChI is InChI=1S/C14H19N3/c1-10(2)8-16-14(15)17-9-12-7-11-5-3-4-6-13(11)12/h3-6,12H,1,7-9H2,2H3,(H3,15,16,17). The molecule has 1 atom stereocenters. The molecule has 0 saturated carbocycles. The van der Waals surface area contributed by atoms with Gasteiger partial charge in [-0.05, 0) is 24.5 Å². The highest BCUT2D eigenvalue weighted by Gasteiger charge is 2.24. The van der Waals surface area contributed by atoms with E-state index < -0.39 is 0 Å². The second kappa shape index (κ2) is 5.04. The van der Waals surface area contributed by atoms with Gasteiger partial charge < -0.3 is 11.1 Å². The highest BCUT2D eigenvalue weighted by molar-refractivity contribution is 5.78. The Morgan fingerprint density at radius 1 is 1.53 bits per heavy atom. The minimum Gasteiger partial charge on any atom is -0.370 e. The lowest BCUT2D eigenvalue weighted by Crippen LogP contribution is -2.37. The first-order valence-electron chi connectivity index (χ1n) is 5.93. The molecule has 1 unspecified atom stereocenters. The van der Waals surface area contributed by atoms with Crippen molar-refractivity contribution < 1.29 is 0 Å². The molecular formula is C14H19N3. The van der Waals surface area contributed by atoms with E-state index in [1.807, 2.05) is 6.92 Å². The van der Waals surface area contributed by atoms with Gasteiger partial charge in [-0.1, -0.05) is 36.4 Å². The molecule has 0 radical (unpaired) electrons. The Kier molecular flexibility index (Phi) is 3.47. The molecule has 3 N–H and O–H groups in total. The summed E-state index contributed by atoms with van der Waals surface area (Å²) in [6.07, 6.45) is 1.14. The minimum absolute atomic E-state index is 0.511. The molecule has 1 aliphatic rings. The third-order valence-electron chi connectivity index (χ3n) is 3.01. The van der Waals surface area contributed by atoms with Crippen LogP contribution in [0.25, 0.3) is 0 Å². The van der Waals surface area contributed by atoms with Gasteiger partial charge in [0.2, 0.25) is 0 Å². The van der Waals surface area contributed by atoms with Crippen molar-refractivity contribution in [2.45, 2.75) is 19.3 Å². The number of guanidine groups is 1. The van der Waals surface area contributed by atoms with Gasteiger partial charge in [0.25, 0.3) is 0 Å². The average molecular weight is 229 g/mol. The molecule has 1 aliphatic carbocycles. The van der Waals surface area contributed by atoms with Crippen LogP contribution >= 0.6 is 0 Å². The van der Waals surface area contributed by atoms with E-state index in [4.69, 9.17) is 5.73 Å². The largest absolute Gasteiger partial charge is 0.370 e. The third kappa shape index (κ3) is 2.87. The van der Waals surface area contributed by atoms with Gasteiger partial charge in [-0.2, -0.15) is 0 Å². The predicted molar refractivity (Wildman–Crippen MR) is 72.2 cm³/mol. The Labute approximate surface area is 102 Å². The number of benzene rings is 1. The van der Waals surface area contributed by atoms with Crippen molar-refractivity contribution in [1.82, 2.24) is 5.32 Å². The van der Waals surface area contributed by atoms with E-state index >= 15 is 0 Å². The van der Waals surface area contributed by atoms with Crippen LogP contribution in [0.15, 0.2) is 41.4 Å². The summed E-state index contributed by atoms with van der Waals surface area (Å²) in [4.78, 5) is 4.19. The highest BCUT2D eigenvalue weighted by Crippen LogP contribution is 2.33. The van der Waals surface area contributed by atoms with Gasteiger partial charge in [0, 0.05) is 12.5 Å². The molecule has 3 heteroatoms. The summed E-state index contributed by atoms with van der Waals surface area (Å²) in [6, 6.07) is 8.55. The molecule has 0 amide bonds. The zero-order valence-electron chi connectivity index (χ0n) is 10.2. The van der Waals surface area contributed by atoms with Gasteiger partial charge in [-0.25, -0.2) is 4.99 Å². The van der Waals surface area contributed by atoms with E-state index in [0.717, 1.165) is 18.5 Å². The van der Waals surface area contributed by atoms with E-state index in [1.165, 1.54) is 11.1 Å². The van der Waals surface area contributed by atoms with Crippen molar-refractivity contribution in [1.29, 1.82) is 0 Å². The lowest BCUT2D eigenvalue weighted by Gasteiger charge is -2.30. The molecule has 0 aliphatic heterocycles. The predicted octanol–water partition coefficient (Wildman–Crippen LogP) is 1.81. The molecule has 17 heavy (non-hydrogen) atoms. The maximum atomic E-state index is 5.77. The summed E-state index contributed by atoms with van der Waals surface area (Å²) in [5.74, 6) is 1.09. The van der Waals surface area contributed by atoms with Crippen LogP contribution in [0.5, 0.6) is 0 Å². The molecule has 1 aromatic rings. The van der Waals surface area contributed by atoms with Crippen LogP contribution in [0, 0.1) is 0 Å². The Bertz CT molecular complexity index is 449. The first-order valence-corrected chi connectivity index (χ1v) is 5.93. The summed E-state index contributed by atoms with van der Waals surface area (Å²) in [5, 5.41) is 3.17. The van der Waals surface area contributed by atoms with Gasteiger partial charge in [-0.3, -0.25) is 0 Å². The summed E-state index contributed by atoms with van der Waals surface area (Å²) >= 11 is 0. The number of aliphatic imine (C=N–C) groups is 1. The van der Waals surface area contributed by atoms with Gasteiger partial charge in [0.05, 0.1) is 6.54 Å². The molecule has 1 aromatic carbocycles. The monoisotopic (exact) mass is 229 g/mol. The second-order valence-corrected chi connectivity index (χ2v) is 4.64. The maximum Gasteiger partial charge on any atom is 0.188 e.